The fraction of sp³-hybridized carbons (Fsp3) is 0.154. The van der Waals surface area contributed by atoms with E-state index in [1.807, 2.05) is 37.3 Å². The smallest absolute Gasteiger partial charge is 0.278 e. The van der Waals surface area contributed by atoms with Gasteiger partial charge in [0.2, 0.25) is 0 Å². The van der Waals surface area contributed by atoms with Gasteiger partial charge in [-0.2, -0.15) is 0 Å². The van der Waals surface area contributed by atoms with Gasteiger partial charge in [0, 0.05) is 5.69 Å². The molecule has 0 saturated carbocycles. The molecule has 1 aliphatic rings. The minimum Gasteiger partial charge on any atom is -0.494 e. The van der Waals surface area contributed by atoms with E-state index in [1.54, 1.807) is 36.4 Å². The molecule has 0 spiro atoms. The second-order valence-electron chi connectivity index (χ2n) is 7.44. The van der Waals surface area contributed by atoms with Crippen molar-refractivity contribution in [3.63, 3.8) is 0 Å². The average Bonchev–Trinajstić information content (AvgIpc) is 3.03. The highest BCUT2D eigenvalue weighted by Gasteiger charge is 2.39. The zero-order chi connectivity index (χ0) is 22.5. The number of amides is 2. The number of imide groups is 1. The van der Waals surface area contributed by atoms with Crippen LogP contribution in [0.4, 0.5) is 10.1 Å². The molecule has 0 unspecified atom stereocenters. The molecule has 0 atom stereocenters. The van der Waals surface area contributed by atoms with Crippen molar-refractivity contribution in [1.29, 1.82) is 0 Å². The van der Waals surface area contributed by atoms with Crippen molar-refractivity contribution >= 4 is 23.1 Å². The van der Waals surface area contributed by atoms with E-state index in [0.29, 0.717) is 23.6 Å². The summed E-state index contributed by atoms with van der Waals surface area (Å²) in [6.45, 7) is 2.76. The number of anilines is 1. The predicted molar refractivity (Wildman–Crippen MR) is 121 cm³/mol. The maximum absolute atomic E-state index is 13.7. The van der Waals surface area contributed by atoms with Gasteiger partial charge >= 0.3 is 0 Å². The standard InChI is InChI=1S/C26H23FN2O3/c1-2-15-32-22-13-11-19(12-14-22)23-24(28-21-10-6-9-20(27)16-21)26(31)29(25(23)30)17-18-7-4-3-5-8-18/h3-14,16,28H,2,15,17H2,1H3. The fourth-order valence-corrected chi connectivity index (χ4v) is 3.52. The summed E-state index contributed by atoms with van der Waals surface area (Å²) in [5, 5.41) is 2.97. The minimum atomic E-state index is -0.454. The van der Waals surface area contributed by atoms with E-state index in [9.17, 15) is 14.0 Å². The van der Waals surface area contributed by atoms with Crippen molar-refractivity contribution in [2.24, 2.45) is 0 Å². The monoisotopic (exact) mass is 430 g/mol. The molecule has 4 rings (SSSR count). The van der Waals surface area contributed by atoms with Gasteiger partial charge in [-0.25, -0.2) is 4.39 Å². The van der Waals surface area contributed by atoms with E-state index in [1.165, 1.54) is 17.0 Å². The molecule has 3 aromatic rings. The van der Waals surface area contributed by atoms with Gasteiger partial charge in [-0.1, -0.05) is 55.5 Å². The summed E-state index contributed by atoms with van der Waals surface area (Å²) in [7, 11) is 0. The molecule has 2 amide bonds. The first-order chi connectivity index (χ1) is 15.6. The number of hydrogen-bond acceptors (Lipinski definition) is 4. The molecule has 1 aliphatic heterocycles. The maximum atomic E-state index is 13.7. The number of hydrogen-bond donors (Lipinski definition) is 1. The van der Waals surface area contributed by atoms with Gasteiger partial charge < -0.3 is 10.1 Å². The Morgan fingerprint density at radius 1 is 0.906 bits per heavy atom. The molecule has 0 fully saturated rings. The van der Waals surface area contributed by atoms with Crippen molar-refractivity contribution in [3.05, 3.63) is 102 Å². The number of ether oxygens (including phenoxy) is 1. The summed E-state index contributed by atoms with van der Waals surface area (Å²) in [6, 6.07) is 22.2. The molecular formula is C26H23FN2O3. The van der Waals surface area contributed by atoms with Crippen LogP contribution in [0.1, 0.15) is 24.5 Å². The summed E-state index contributed by atoms with van der Waals surface area (Å²) in [5.74, 6) is -0.606. The van der Waals surface area contributed by atoms with Crippen molar-refractivity contribution in [3.8, 4) is 5.75 Å². The third-order valence-electron chi connectivity index (χ3n) is 5.06. The van der Waals surface area contributed by atoms with Gasteiger partial charge in [0.25, 0.3) is 11.8 Å². The predicted octanol–water partition coefficient (Wildman–Crippen LogP) is 5.01. The molecule has 0 saturated heterocycles. The van der Waals surface area contributed by atoms with E-state index >= 15 is 0 Å². The van der Waals surface area contributed by atoms with Gasteiger partial charge in [0.1, 0.15) is 17.3 Å². The van der Waals surface area contributed by atoms with Crippen molar-refractivity contribution in [2.75, 3.05) is 11.9 Å². The molecule has 0 bridgehead atoms. The first-order valence-corrected chi connectivity index (χ1v) is 10.5. The first kappa shape index (κ1) is 21.3. The van der Waals surface area contributed by atoms with E-state index in [4.69, 9.17) is 4.74 Å². The molecule has 6 heteroatoms. The van der Waals surface area contributed by atoms with Gasteiger partial charge in [-0.3, -0.25) is 14.5 Å². The molecule has 162 valence electrons. The highest BCUT2D eigenvalue weighted by Crippen LogP contribution is 2.32. The number of nitrogens with zero attached hydrogens (tertiary/aromatic N) is 1. The van der Waals surface area contributed by atoms with Crippen LogP contribution in [0.15, 0.2) is 84.6 Å². The Hall–Kier alpha value is -3.93. The number of carbonyl (C=O) groups is 2. The van der Waals surface area contributed by atoms with E-state index in [2.05, 4.69) is 5.32 Å². The molecule has 1 heterocycles. The SMILES string of the molecule is CCCOc1ccc(C2=C(Nc3cccc(F)c3)C(=O)N(Cc3ccccc3)C2=O)cc1. The third-order valence-corrected chi connectivity index (χ3v) is 5.06. The van der Waals surface area contributed by atoms with Crippen LogP contribution in [0.2, 0.25) is 0 Å². The molecule has 5 nitrogen and oxygen atoms in total. The second kappa shape index (κ2) is 9.47. The van der Waals surface area contributed by atoms with Gasteiger partial charge in [-0.05, 0) is 47.9 Å². The van der Waals surface area contributed by atoms with Gasteiger partial charge in [-0.15, -0.1) is 0 Å². The summed E-state index contributed by atoms with van der Waals surface area (Å²) in [4.78, 5) is 27.8. The van der Waals surface area contributed by atoms with E-state index < -0.39 is 17.6 Å². The van der Waals surface area contributed by atoms with Gasteiger partial charge in [0.05, 0.1) is 18.7 Å². The Balaban J connectivity index is 1.70. The lowest BCUT2D eigenvalue weighted by molar-refractivity contribution is -0.137. The quantitative estimate of drug-likeness (QED) is 0.511. The Labute approximate surface area is 186 Å². The van der Waals surface area contributed by atoms with Crippen molar-refractivity contribution in [1.82, 2.24) is 4.90 Å². The number of rotatable bonds is 8. The lowest BCUT2D eigenvalue weighted by Gasteiger charge is -2.15. The Kier molecular flexibility index (Phi) is 6.31. The number of benzene rings is 3. The molecule has 0 aliphatic carbocycles. The van der Waals surface area contributed by atoms with Crippen LogP contribution < -0.4 is 10.1 Å². The largest absolute Gasteiger partial charge is 0.494 e. The lowest BCUT2D eigenvalue weighted by atomic mass is 10.0. The Bertz CT molecular complexity index is 1160. The lowest BCUT2D eigenvalue weighted by Crippen LogP contribution is -2.31. The van der Waals surface area contributed by atoms with Crippen LogP contribution in [0.5, 0.6) is 5.75 Å². The maximum Gasteiger partial charge on any atom is 0.278 e. The fourth-order valence-electron chi connectivity index (χ4n) is 3.52. The molecule has 3 aromatic carbocycles. The van der Waals surface area contributed by atoms with Crippen LogP contribution >= 0.6 is 0 Å². The second-order valence-corrected chi connectivity index (χ2v) is 7.44. The normalized spacial score (nSPS) is 13.6. The number of halogens is 1. The van der Waals surface area contributed by atoms with Crippen LogP contribution in [0.3, 0.4) is 0 Å². The number of nitrogens with one attached hydrogen (secondary N) is 1. The van der Waals surface area contributed by atoms with E-state index in [0.717, 1.165) is 12.0 Å². The molecule has 32 heavy (non-hydrogen) atoms. The van der Waals surface area contributed by atoms with Crippen LogP contribution in [-0.2, 0) is 16.1 Å². The molecule has 0 aromatic heterocycles. The summed E-state index contributed by atoms with van der Waals surface area (Å²) in [5.41, 5.74) is 2.18. The Morgan fingerprint density at radius 2 is 1.66 bits per heavy atom. The van der Waals surface area contributed by atoms with Crippen LogP contribution in [0, 0.1) is 5.82 Å². The average molecular weight is 430 g/mol. The van der Waals surface area contributed by atoms with Crippen LogP contribution in [0.25, 0.3) is 5.57 Å². The summed E-state index contributed by atoms with van der Waals surface area (Å²) >= 11 is 0. The summed E-state index contributed by atoms with van der Waals surface area (Å²) < 4.78 is 19.3. The third kappa shape index (κ3) is 4.54. The minimum absolute atomic E-state index is 0.124. The molecule has 0 radical (unpaired) electrons. The zero-order valence-corrected chi connectivity index (χ0v) is 17.7. The molecular weight excluding hydrogens is 407 g/mol. The zero-order valence-electron chi connectivity index (χ0n) is 17.7. The van der Waals surface area contributed by atoms with Crippen molar-refractivity contribution < 1.29 is 18.7 Å². The summed E-state index contributed by atoms with van der Waals surface area (Å²) in [6.07, 6.45) is 0.885. The highest BCUT2D eigenvalue weighted by atomic mass is 19.1. The number of carbonyl (C=O) groups excluding carboxylic acids is 2. The van der Waals surface area contributed by atoms with Crippen LogP contribution in [-0.4, -0.2) is 23.3 Å². The van der Waals surface area contributed by atoms with Gasteiger partial charge in [0.15, 0.2) is 0 Å². The molecule has 1 N–H and O–H groups in total. The highest BCUT2D eigenvalue weighted by molar-refractivity contribution is 6.36. The topological polar surface area (TPSA) is 58.6 Å². The Morgan fingerprint density at radius 3 is 2.34 bits per heavy atom. The van der Waals surface area contributed by atoms with Crippen molar-refractivity contribution in [2.45, 2.75) is 19.9 Å². The van der Waals surface area contributed by atoms with E-state index in [-0.39, 0.29) is 17.8 Å². The first-order valence-electron chi connectivity index (χ1n) is 10.5.